The average Bonchev–Trinajstić information content (AvgIpc) is 2.45. The molecule has 0 aliphatic carbocycles. The number of carbonyl (C=O) groups excluding carboxylic acids is 1. The van der Waals surface area contributed by atoms with Crippen LogP contribution in [0.25, 0.3) is 0 Å². The van der Waals surface area contributed by atoms with Crippen molar-refractivity contribution in [2.24, 2.45) is 0 Å². The van der Waals surface area contributed by atoms with Crippen molar-refractivity contribution in [1.82, 2.24) is 0 Å². The molecule has 0 atom stereocenters. The van der Waals surface area contributed by atoms with Gasteiger partial charge in [0, 0.05) is 0 Å². The zero-order chi connectivity index (χ0) is 13.5. The van der Waals surface area contributed by atoms with E-state index in [1.54, 1.807) is 0 Å². The van der Waals surface area contributed by atoms with E-state index < -0.39 is 6.16 Å². The number of rotatable bonds is 4. The van der Waals surface area contributed by atoms with Gasteiger partial charge in [0.05, 0.1) is 0 Å². The maximum absolute atomic E-state index is 11.4. The van der Waals surface area contributed by atoms with Gasteiger partial charge in [-0.15, -0.1) is 0 Å². The lowest BCUT2D eigenvalue weighted by Gasteiger charge is -2.06. The fourth-order valence-corrected chi connectivity index (χ4v) is 1.58. The first-order chi connectivity index (χ1) is 9.24. The summed E-state index contributed by atoms with van der Waals surface area (Å²) in [5.74, 6) is 0. The van der Waals surface area contributed by atoms with Gasteiger partial charge in [-0.1, -0.05) is 60.2 Å². The first-order valence-electron chi connectivity index (χ1n) is 6.13. The van der Waals surface area contributed by atoms with Crippen molar-refractivity contribution in [2.45, 2.75) is 20.1 Å². The van der Waals surface area contributed by atoms with Crippen LogP contribution >= 0.6 is 0 Å². The van der Waals surface area contributed by atoms with Crippen LogP contribution < -0.4 is 0 Å². The van der Waals surface area contributed by atoms with E-state index in [1.807, 2.05) is 61.5 Å². The van der Waals surface area contributed by atoms with Gasteiger partial charge < -0.3 is 9.47 Å². The maximum Gasteiger partial charge on any atom is 0.508 e. The number of carbonyl (C=O) groups is 1. The van der Waals surface area contributed by atoms with E-state index in [0.717, 1.165) is 11.1 Å². The fraction of sp³-hybridized carbons (Fsp3) is 0.188. The van der Waals surface area contributed by atoms with Crippen molar-refractivity contribution in [3.8, 4) is 0 Å². The highest BCUT2D eigenvalue weighted by atomic mass is 16.7. The highest BCUT2D eigenvalue weighted by Crippen LogP contribution is 2.06. The third kappa shape index (κ3) is 4.47. The molecule has 2 aromatic carbocycles. The fourth-order valence-electron chi connectivity index (χ4n) is 1.58. The molecule has 0 radical (unpaired) electrons. The largest absolute Gasteiger partial charge is 0.508 e. The molecule has 98 valence electrons. The molecule has 0 unspecified atom stereocenters. The average molecular weight is 256 g/mol. The van der Waals surface area contributed by atoms with Crippen LogP contribution in [0.15, 0.2) is 54.6 Å². The molecule has 0 fully saturated rings. The summed E-state index contributed by atoms with van der Waals surface area (Å²) >= 11 is 0. The van der Waals surface area contributed by atoms with E-state index in [1.165, 1.54) is 5.56 Å². The van der Waals surface area contributed by atoms with Crippen LogP contribution in [-0.2, 0) is 22.7 Å². The van der Waals surface area contributed by atoms with E-state index in [9.17, 15) is 4.79 Å². The quantitative estimate of drug-likeness (QED) is 0.779. The molecular formula is C16H16O3. The third-order valence-corrected chi connectivity index (χ3v) is 2.68. The third-order valence-electron chi connectivity index (χ3n) is 2.68. The Balaban J connectivity index is 1.74. The second kappa shape index (κ2) is 6.59. The van der Waals surface area contributed by atoms with E-state index in [4.69, 9.17) is 9.47 Å². The van der Waals surface area contributed by atoms with Gasteiger partial charge in [0.2, 0.25) is 0 Å². The lowest BCUT2D eigenvalue weighted by Crippen LogP contribution is -2.07. The molecule has 2 rings (SSSR count). The van der Waals surface area contributed by atoms with Gasteiger partial charge >= 0.3 is 6.16 Å². The lowest BCUT2D eigenvalue weighted by molar-refractivity contribution is 0.0446. The summed E-state index contributed by atoms with van der Waals surface area (Å²) in [6, 6.07) is 17.3. The Morgan fingerprint density at radius 2 is 1.37 bits per heavy atom. The monoisotopic (exact) mass is 256 g/mol. The lowest BCUT2D eigenvalue weighted by atomic mass is 10.2. The van der Waals surface area contributed by atoms with Gasteiger partial charge in [-0.25, -0.2) is 4.79 Å². The van der Waals surface area contributed by atoms with Crippen LogP contribution in [0.4, 0.5) is 4.79 Å². The van der Waals surface area contributed by atoms with Crippen LogP contribution in [0, 0.1) is 6.92 Å². The Labute approximate surface area is 112 Å². The molecule has 0 aliphatic rings. The van der Waals surface area contributed by atoms with E-state index in [-0.39, 0.29) is 13.2 Å². The first kappa shape index (κ1) is 13.1. The van der Waals surface area contributed by atoms with Gasteiger partial charge in [-0.2, -0.15) is 0 Å². The second-order valence-corrected chi connectivity index (χ2v) is 4.30. The molecule has 3 heteroatoms. The molecule has 19 heavy (non-hydrogen) atoms. The van der Waals surface area contributed by atoms with Gasteiger partial charge in [-0.3, -0.25) is 0 Å². The Morgan fingerprint density at radius 3 is 1.95 bits per heavy atom. The van der Waals surface area contributed by atoms with E-state index in [2.05, 4.69) is 0 Å². The molecule has 0 spiro atoms. The number of hydrogen-bond donors (Lipinski definition) is 0. The number of ether oxygens (including phenoxy) is 2. The first-order valence-corrected chi connectivity index (χ1v) is 6.13. The molecular weight excluding hydrogens is 240 g/mol. The molecule has 0 heterocycles. The van der Waals surface area contributed by atoms with Crippen LogP contribution in [-0.4, -0.2) is 6.16 Å². The highest BCUT2D eigenvalue weighted by Gasteiger charge is 2.04. The summed E-state index contributed by atoms with van der Waals surface area (Å²) in [6.45, 7) is 2.47. The van der Waals surface area contributed by atoms with Gasteiger partial charge in [0.15, 0.2) is 0 Å². The normalized spacial score (nSPS) is 9.95. The van der Waals surface area contributed by atoms with E-state index in [0.29, 0.717) is 0 Å². The molecule has 0 aromatic heterocycles. The summed E-state index contributed by atoms with van der Waals surface area (Å²) in [5.41, 5.74) is 3.06. The van der Waals surface area contributed by atoms with Crippen molar-refractivity contribution < 1.29 is 14.3 Å². The van der Waals surface area contributed by atoms with Crippen molar-refractivity contribution >= 4 is 6.16 Å². The Kier molecular flexibility index (Phi) is 4.56. The Hall–Kier alpha value is -2.29. The van der Waals surface area contributed by atoms with Crippen molar-refractivity contribution in [2.75, 3.05) is 0 Å². The van der Waals surface area contributed by atoms with Crippen molar-refractivity contribution in [1.29, 1.82) is 0 Å². The standard InChI is InChI=1S/C16H16O3/c1-13-7-9-15(10-8-13)12-19-16(17)18-11-14-5-3-2-4-6-14/h2-10H,11-12H2,1H3. The molecule has 0 amide bonds. The Bertz CT molecular complexity index is 517. The number of benzene rings is 2. The van der Waals surface area contributed by atoms with Crippen LogP contribution in [0.1, 0.15) is 16.7 Å². The zero-order valence-corrected chi connectivity index (χ0v) is 10.8. The van der Waals surface area contributed by atoms with Gasteiger partial charge in [0.1, 0.15) is 13.2 Å². The summed E-state index contributed by atoms with van der Waals surface area (Å²) in [6.07, 6.45) is -0.649. The predicted molar refractivity (Wildman–Crippen MR) is 72.6 cm³/mol. The second-order valence-electron chi connectivity index (χ2n) is 4.30. The predicted octanol–water partition coefficient (Wildman–Crippen LogP) is 3.85. The van der Waals surface area contributed by atoms with Crippen molar-refractivity contribution in [3.05, 3.63) is 71.3 Å². The molecule has 0 bridgehead atoms. The minimum Gasteiger partial charge on any atom is -0.429 e. The molecule has 0 N–H and O–H groups in total. The van der Waals surface area contributed by atoms with Crippen molar-refractivity contribution in [3.63, 3.8) is 0 Å². The van der Waals surface area contributed by atoms with E-state index >= 15 is 0 Å². The summed E-state index contributed by atoms with van der Waals surface area (Å²) in [5, 5.41) is 0. The Morgan fingerprint density at radius 1 is 0.842 bits per heavy atom. The zero-order valence-electron chi connectivity index (χ0n) is 10.8. The topological polar surface area (TPSA) is 35.5 Å². The minimum absolute atomic E-state index is 0.230. The minimum atomic E-state index is -0.649. The van der Waals surface area contributed by atoms with Gasteiger partial charge in [-0.05, 0) is 18.1 Å². The molecule has 0 saturated heterocycles. The summed E-state index contributed by atoms with van der Waals surface area (Å²) in [4.78, 5) is 11.4. The van der Waals surface area contributed by atoms with Crippen LogP contribution in [0.3, 0.4) is 0 Å². The number of aryl methyl sites for hydroxylation is 1. The van der Waals surface area contributed by atoms with Crippen LogP contribution in [0.2, 0.25) is 0 Å². The summed E-state index contributed by atoms with van der Waals surface area (Å²) in [7, 11) is 0. The smallest absolute Gasteiger partial charge is 0.429 e. The van der Waals surface area contributed by atoms with Gasteiger partial charge in [0.25, 0.3) is 0 Å². The number of hydrogen-bond acceptors (Lipinski definition) is 3. The molecule has 3 nitrogen and oxygen atoms in total. The van der Waals surface area contributed by atoms with Crippen LogP contribution in [0.5, 0.6) is 0 Å². The maximum atomic E-state index is 11.4. The molecule has 0 saturated carbocycles. The molecule has 0 aliphatic heterocycles. The summed E-state index contributed by atoms with van der Waals surface area (Å²) < 4.78 is 10.0. The SMILES string of the molecule is Cc1ccc(COC(=O)OCc2ccccc2)cc1. The highest BCUT2D eigenvalue weighted by molar-refractivity contribution is 5.59. The molecule has 2 aromatic rings.